The Hall–Kier alpha value is -4.65. The molecule has 1 N–H and O–H groups in total. The number of aliphatic hydroxyl groups excluding tert-OH is 1. The molecule has 6 rings (SSSR count). The third-order valence-electron chi connectivity index (χ3n) is 7.19. The molecule has 0 bridgehead atoms. The first-order valence-electron chi connectivity index (χ1n) is 14.3. The molecule has 0 aliphatic carbocycles. The number of carbonyl (C=O) groups excluding carboxylic acids is 2. The van der Waals surface area contributed by atoms with Crippen LogP contribution in [0.4, 0.5) is 5.13 Å². The number of imidazole rings is 1. The van der Waals surface area contributed by atoms with Gasteiger partial charge in [0.15, 0.2) is 21.6 Å². The second-order valence-corrected chi connectivity index (χ2v) is 12.8. The Bertz CT molecular complexity index is 1990. The number of ketones is 1. The summed E-state index contributed by atoms with van der Waals surface area (Å²) in [5.74, 6) is -0.567. The van der Waals surface area contributed by atoms with E-state index >= 15 is 0 Å². The van der Waals surface area contributed by atoms with Crippen molar-refractivity contribution in [2.75, 3.05) is 18.1 Å². The number of aryl methyl sites for hydroxylation is 1. The Morgan fingerprint density at radius 3 is 2.67 bits per heavy atom. The van der Waals surface area contributed by atoms with Gasteiger partial charge in [-0.1, -0.05) is 71.6 Å². The van der Waals surface area contributed by atoms with Gasteiger partial charge in [0.25, 0.3) is 5.78 Å². The summed E-state index contributed by atoms with van der Waals surface area (Å²) in [5.41, 5.74) is 2.83. The van der Waals surface area contributed by atoms with Gasteiger partial charge >= 0.3 is 5.91 Å². The molecular formula is C33H28ClN5O5S2. The van der Waals surface area contributed by atoms with E-state index in [1.54, 1.807) is 53.9 Å². The number of rotatable bonds is 11. The monoisotopic (exact) mass is 673 g/mol. The molecule has 13 heteroatoms. The van der Waals surface area contributed by atoms with Crippen LogP contribution in [0, 0.1) is 6.92 Å². The molecule has 1 aliphatic heterocycles. The second kappa shape index (κ2) is 13.4. The molecule has 1 fully saturated rings. The van der Waals surface area contributed by atoms with Crippen molar-refractivity contribution in [2.45, 2.75) is 30.0 Å². The summed E-state index contributed by atoms with van der Waals surface area (Å²) in [6.45, 7) is 7.89. The fourth-order valence-electron chi connectivity index (χ4n) is 5.19. The van der Waals surface area contributed by atoms with Gasteiger partial charge in [-0.25, -0.2) is 4.98 Å². The van der Waals surface area contributed by atoms with Gasteiger partial charge in [0.05, 0.1) is 23.9 Å². The van der Waals surface area contributed by atoms with E-state index in [0.717, 1.165) is 5.56 Å². The third-order valence-corrected chi connectivity index (χ3v) is 9.57. The molecule has 5 aromatic rings. The predicted octanol–water partition coefficient (Wildman–Crippen LogP) is 7.03. The van der Waals surface area contributed by atoms with Crippen molar-refractivity contribution < 1.29 is 24.2 Å². The summed E-state index contributed by atoms with van der Waals surface area (Å²) in [6, 6.07) is 17.0. The van der Waals surface area contributed by atoms with E-state index in [9.17, 15) is 14.7 Å². The average Bonchev–Trinajstić information content (AvgIpc) is 3.73. The zero-order chi connectivity index (χ0) is 32.4. The molecule has 0 saturated carbocycles. The second-order valence-electron chi connectivity index (χ2n) is 10.1. The maximum absolute atomic E-state index is 13.9. The Balaban J connectivity index is 1.46. The number of aliphatic hydroxyl groups is 1. The number of carbonyl (C=O) groups is 2. The summed E-state index contributed by atoms with van der Waals surface area (Å²) >= 11 is 8.65. The molecule has 0 spiro atoms. The topological polar surface area (TPSA) is 119 Å². The van der Waals surface area contributed by atoms with Crippen LogP contribution >= 0.6 is 34.7 Å². The molecule has 1 unspecified atom stereocenters. The minimum atomic E-state index is -1.05. The van der Waals surface area contributed by atoms with Crippen LogP contribution in [-0.4, -0.2) is 49.6 Å². The van der Waals surface area contributed by atoms with Gasteiger partial charge in [0, 0.05) is 17.0 Å². The third kappa shape index (κ3) is 5.98. The van der Waals surface area contributed by atoms with Gasteiger partial charge in [-0.2, -0.15) is 0 Å². The number of benzene rings is 2. The quantitative estimate of drug-likeness (QED) is 0.0394. The lowest BCUT2D eigenvalue weighted by atomic mass is 9.96. The number of Topliss-reactive ketones (excluding diaryl/α,β-unsaturated/α-hetero) is 1. The SMILES string of the molecule is C=CCOc1ccc(C2/C(=C(\O)c3c(C)nc4ccccn34)C(=O)C(=O)N2c2nnc(SCc3ccc(Cl)cc3)s2)cc1OCC. The van der Waals surface area contributed by atoms with E-state index in [0.29, 0.717) is 55.8 Å². The molecule has 234 valence electrons. The van der Waals surface area contributed by atoms with Crippen molar-refractivity contribution >= 4 is 62.9 Å². The molecule has 1 saturated heterocycles. The first kappa shape index (κ1) is 31.3. The molecule has 46 heavy (non-hydrogen) atoms. The van der Waals surface area contributed by atoms with E-state index in [-0.39, 0.29) is 23.1 Å². The van der Waals surface area contributed by atoms with Gasteiger partial charge in [-0.15, -0.1) is 10.2 Å². The van der Waals surface area contributed by atoms with Crippen molar-refractivity contribution in [1.29, 1.82) is 0 Å². The molecule has 0 radical (unpaired) electrons. The van der Waals surface area contributed by atoms with Crippen molar-refractivity contribution in [2.24, 2.45) is 0 Å². The first-order chi connectivity index (χ1) is 22.3. The van der Waals surface area contributed by atoms with Crippen LogP contribution in [0.1, 0.15) is 35.5 Å². The van der Waals surface area contributed by atoms with Gasteiger partial charge in [0.1, 0.15) is 17.9 Å². The van der Waals surface area contributed by atoms with Crippen molar-refractivity contribution in [1.82, 2.24) is 19.6 Å². The van der Waals surface area contributed by atoms with E-state index in [2.05, 4.69) is 21.8 Å². The largest absolute Gasteiger partial charge is 0.505 e. The summed E-state index contributed by atoms with van der Waals surface area (Å²) in [5, 5.41) is 21.3. The van der Waals surface area contributed by atoms with Crippen LogP contribution in [-0.2, 0) is 15.3 Å². The molecule has 4 heterocycles. The van der Waals surface area contributed by atoms with E-state index < -0.39 is 17.7 Å². The Morgan fingerprint density at radius 2 is 1.91 bits per heavy atom. The number of amides is 1. The number of anilines is 1. The van der Waals surface area contributed by atoms with E-state index in [4.69, 9.17) is 21.1 Å². The summed E-state index contributed by atoms with van der Waals surface area (Å²) in [4.78, 5) is 33.5. The molecule has 1 atom stereocenters. The minimum Gasteiger partial charge on any atom is -0.505 e. The number of halogens is 1. The normalized spacial score (nSPS) is 15.9. The predicted molar refractivity (Wildman–Crippen MR) is 179 cm³/mol. The maximum atomic E-state index is 13.9. The number of thioether (sulfide) groups is 1. The zero-order valence-corrected chi connectivity index (χ0v) is 27.2. The molecule has 1 amide bonds. The Labute approximate surface area is 278 Å². The first-order valence-corrected chi connectivity index (χ1v) is 16.4. The van der Waals surface area contributed by atoms with Crippen molar-refractivity contribution in [3.05, 3.63) is 113 Å². The van der Waals surface area contributed by atoms with Crippen LogP contribution in [0.5, 0.6) is 11.5 Å². The molecule has 10 nitrogen and oxygen atoms in total. The summed E-state index contributed by atoms with van der Waals surface area (Å²) < 4.78 is 14.0. The van der Waals surface area contributed by atoms with Gasteiger partial charge < -0.3 is 14.6 Å². The van der Waals surface area contributed by atoms with Crippen LogP contribution in [0.2, 0.25) is 5.02 Å². The summed E-state index contributed by atoms with van der Waals surface area (Å²) in [6.07, 6.45) is 3.36. The molecule has 3 aromatic heterocycles. The van der Waals surface area contributed by atoms with E-state index in [1.807, 2.05) is 37.3 Å². The lowest BCUT2D eigenvalue weighted by Crippen LogP contribution is -2.29. The van der Waals surface area contributed by atoms with Crippen LogP contribution in [0.25, 0.3) is 11.4 Å². The molecular weight excluding hydrogens is 646 g/mol. The number of aromatic nitrogens is 4. The lowest BCUT2D eigenvalue weighted by molar-refractivity contribution is -0.132. The number of nitrogens with zero attached hydrogens (tertiary/aromatic N) is 5. The zero-order valence-electron chi connectivity index (χ0n) is 24.8. The smallest absolute Gasteiger partial charge is 0.301 e. The maximum Gasteiger partial charge on any atom is 0.301 e. The number of ether oxygens (including phenoxy) is 2. The minimum absolute atomic E-state index is 0.105. The van der Waals surface area contributed by atoms with Crippen LogP contribution in [0.15, 0.2) is 89.4 Å². The highest BCUT2D eigenvalue weighted by atomic mass is 35.5. The number of hydrogen-bond acceptors (Lipinski definition) is 10. The lowest BCUT2D eigenvalue weighted by Gasteiger charge is -2.23. The highest BCUT2D eigenvalue weighted by molar-refractivity contribution is 8.00. The Morgan fingerprint density at radius 1 is 1.11 bits per heavy atom. The fourth-order valence-corrected chi connectivity index (χ4v) is 7.14. The highest BCUT2D eigenvalue weighted by Crippen LogP contribution is 2.46. The number of fused-ring (bicyclic) bond motifs is 1. The van der Waals surface area contributed by atoms with Crippen LogP contribution in [0.3, 0.4) is 0 Å². The van der Waals surface area contributed by atoms with Crippen LogP contribution < -0.4 is 14.4 Å². The van der Waals surface area contributed by atoms with Gasteiger partial charge in [-0.3, -0.25) is 18.9 Å². The van der Waals surface area contributed by atoms with E-state index in [1.165, 1.54) is 28.0 Å². The number of pyridine rings is 1. The van der Waals surface area contributed by atoms with Gasteiger partial charge in [-0.05, 0) is 61.4 Å². The molecule has 2 aromatic carbocycles. The number of hydrogen-bond donors (Lipinski definition) is 1. The summed E-state index contributed by atoms with van der Waals surface area (Å²) in [7, 11) is 0. The average molecular weight is 674 g/mol. The standard InChI is InChI=1S/C33H28ClN5O5S2/c1-4-16-44-23-14-11-21(17-24(23)43-5-2)28-26(29(40)27-19(3)35-25-8-6-7-15-38(25)27)30(41)31(42)39(28)32-36-37-33(46-32)45-18-20-9-12-22(34)13-10-20/h4,6-15,17,28,40H,1,5,16,18H2,2-3H3/b29-26+. The Kier molecular flexibility index (Phi) is 9.11. The highest BCUT2D eigenvalue weighted by Gasteiger charge is 2.49. The van der Waals surface area contributed by atoms with Crippen molar-refractivity contribution in [3.8, 4) is 11.5 Å². The molecule has 1 aliphatic rings. The van der Waals surface area contributed by atoms with Gasteiger partial charge in [0.2, 0.25) is 5.13 Å². The van der Waals surface area contributed by atoms with Crippen molar-refractivity contribution in [3.63, 3.8) is 0 Å². The fraction of sp³-hybridized carbons (Fsp3) is 0.182.